The molecule has 0 spiro atoms. The van der Waals surface area contributed by atoms with Crippen molar-refractivity contribution < 1.29 is 19.1 Å². The predicted molar refractivity (Wildman–Crippen MR) is 77.6 cm³/mol. The third-order valence-electron chi connectivity index (χ3n) is 2.97. The molecule has 1 N–H and O–H groups in total. The SMILES string of the molecule is CCOC(=O)c1c(C)[nH]c2sc(C)c(C(=O)OCC)c12. The molecule has 0 aromatic carbocycles. The van der Waals surface area contributed by atoms with Gasteiger partial charge < -0.3 is 14.5 Å². The van der Waals surface area contributed by atoms with Crippen LogP contribution in [-0.4, -0.2) is 30.1 Å². The first kappa shape index (κ1) is 14.6. The summed E-state index contributed by atoms with van der Waals surface area (Å²) in [6.45, 7) is 7.74. The number of rotatable bonds is 4. The van der Waals surface area contributed by atoms with Crippen LogP contribution in [0.1, 0.15) is 45.1 Å². The Balaban J connectivity index is 2.65. The maximum absolute atomic E-state index is 12.1. The van der Waals surface area contributed by atoms with Crippen LogP contribution in [0.5, 0.6) is 0 Å². The molecule has 0 aliphatic heterocycles. The minimum atomic E-state index is -0.417. The van der Waals surface area contributed by atoms with Crippen LogP contribution < -0.4 is 0 Å². The van der Waals surface area contributed by atoms with Crippen molar-refractivity contribution in [2.45, 2.75) is 27.7 Å². The van der Waals surface area contributed by atoms with Crippen LogP contribution in [0, 0.1) is 13.8 Å². The Labute approximate surface area is 120 Å². The van der Waals surface area contributed by atoms with Crippen molar-refractivity contribution in [2.24, 2.45) is 0 Å². The van der Waals surface area contributed by atoms with Crippen LogP contribution in [0.2, 0.25) is 0 Å². The third-order valence-corrected chi connectivity index (χ3v) is 3.99. The normalized spacial score (nSPS) is 10.8. The highest BCUT2D eigenvalue weighted by Crippen LogP contribution is 2.35. The third kappa shape index (κ3) is 2.31. The molecule has 0 bridgehead atoms. The highest BCUT2D eigenvalue weighted by molar-refractivity contribution is 7.19. The quantitative estimate of drug-likeness (QED) is 0.879. The van der Waals surface area contributed by atoms with E-state index in [-0.39, 0.29) is 0 Å². The second-order valence-corrected chi connectivity index (χ2v) is 5.53. The van der Waals surface area contributed by atoms with E-state index in [0.717, 1.165) is 9.71 Å². The number of aryl methyl sites for hydroxylation is 2. The van der Waals surface area contributed by atoms with Gasteiger partial charge in [0.2, 0.25) is 0 Å². The lowest BCUT2D eigenvalue weighted by Crippen LogP contribution is -2.09. The van der Waals surface area contributed by atoms with E-state index in [2.05, 4.69) is 4.98 Å². The van der Waals surface area contributed by atoms with Gasteiger partial charge in [-0.05, 0) is 27.7 Å². The first-order valence-electron chi connectivity index (χ1n) is 6.47. The lowest BCUT2D eigenvalue weighted by molar-refractivity contribution is 0.0526. The molecule has 6 heteroatoms. The van der Waals surface area contributed by atoms with Gasteiger partial charge in [-0.2, -0.15) is 0 Å². The van der Waals surface area contributed by atoms with E-state index in [1.807, 2.05) is 6.92 Å². The highest BCUT2D eigenvalue weighted by Gasteiger charge is 2.27. The fraction of sp³-hybridized carbons (Fsp3) is 0.429. The number of nitrogens with one attached hydrogen (secondary N) is 1. The van der Waals surface area contributed by atoms with Crippen LogP contribution in [-0.2, 0) is 9.47 Å². The average Bonchev–Trinajstić information content (AvgIpc) is 2.82. The van der Waals surface area contributed by atoms with E-state index in [1.165, 1.54) is 11.3 Å². The average molecular weight is 295 g/mol. The molecule has 0 saturated carbocycles. The summed E-state index contributed by atoms with van der Waals surface area (Å²) in [6, 6.07) is 0. The highest BCUT2D eigenvalue weighted by atomic mass is 32.1. The number of aromatic amines is 1. The minimum Gasteiger partial charge on any atom is -0.462 e. The van der Waals surface area contributed by atoms with Crippen molar-refractivity contribution in [2.75, 3.05) is 13.2 Å². The summed E-state index contributed by atoms with van der Waals surface area (Å²) >= 11 is 1.44. The van der Waals surface area contributed by atoms with Gasteiger partial charge in [0.15, 0.2) is 0 Å². The lowest BCUT2D eigenvalue weighted by atomic mass is 10.1. The molecule has 0 amide bonds. The Hall–Kier alpha value is -1.82. The maximum Gasteiger partial charge on any atom is 0.340 e. The zero-order valence-electron chi connectivity index (χ0n) is 12.0. The van der Waals surface area contributed by atoms with Gasteiger partial charge in [-0.15, -0.1) is 11.3 Å². The minimum absolute atomic E-state index is 0.294. The molecule has 108 valence electrons. The van der Waals surface area contributed by atoms with E-state index in [4.69, 9.17) is 9.47 Å². The van der Waals surface area contributed by atoms with Gasteiger partial charge in [0.1, 0.15) is 4.83 Å². The Morgan fingerprint density at radius 3 is 2.15 bits per heavy atom. The number of fused-ring (bicyclic) bond motifs is 1. The number of hydrogen-bond acceptors (Lipinski definition) is 5. The van der Waals surface area contributed by atoms with Gasteiger partial charge in [0.25, 0.3) is 0 Å². The van der Waals surface area contributed by atoms with Gasteiger partial charge in [-0.3, -0.25) is 0 Å². The first-order valence-corrected chi connectivity index (χ1v) is 7.28. The zero-order valence-corrected chi connectivity index (χ0v) is 12.8. The summed E-state index contributed by atoms with van der Waals surface area (Å²) in [5.74, 6) is -0.819. The first-order chi connectivity index (χ1) is 9.51. The smallest absolute Gasteiger partial charge is 0.340 e. The number of esters is 2. The number of ether oxygens (including phenoxy) is 2. The standard InChI is InChI=1S/C14H17NO4S/c1-5-18-13(16)9-7(3)15-12-11(9)10(8(4)20-12)14(17)19-6-2/h15H,5-6H2,1-4H3. The zero-order chi connectivity index (χ0) is 14.9. The summed E-state index contributed by atoms with van der Waals surface area (Å²) in [5, 5.41) is 0.613. The Morgan fingerprint density at radius 2 is 1.60 bits per heavy atom. The lowest BCUT2D eigenvalue weighted by Gasteiger charge is -2.04. The molecule has 0 unspecified atom stereocenters. The van der Waals surface area contributed by atoms with Crippen LogP contribution in [0.25, 0.3) is 10.2 Å². The molecule has 0 saturated heterocycles. The fourth-order valence-electron chi connectivity index (χ4n) is 2.20. The van der Waals surface area contributed by atoms with Crippen LogP contribution in [0.3, 0.4) is 0 Å². The Kier molecular flexibility index (Phi) is 4.13. The molecule has 0 radical (unpaired) electrons. The molecule has 5 nitrogen and oxygen atoms in total. The number of aromatic nitrogens is 1. The molecule has 0 atom stereocenters. The van der Waals surface area contributed by atoms with Gasteiger partial charge in [-0.1, -0.05) is 0 Å². The van der Waals surface area contributed by atoms with Crippen molar-refractivity contribution >= 4 is 33.5 Å². The molecule has 20 heavy (non-hydrogen) atoms. The molecule has 0 aliphatic carbocycles. The summed E-state index contributed by atoms with van der Waals surface area (Å²) in [6.07, 6.45) is 0. The van der Waals surface area contributed by atoms with Crippen molar-refractivity contribution in [3.63, 3.8) is 0 Å². The summed E-state index contributed by atoms with van der Waals surface area (Å²) < 4.78 is 10.2. The van der Waals surface area contributed by atoms with E-state index in [0.29, 0.717) is 35.4 Å². The molecule has 0 aliphatic rings. The predicted octanol–water partition coefficient (Wildman–Crippen LogP) is 3.20. The molecule has 0 fully saturated rings. The Morgan fingerprint density at radius 1 is 1.05 bits per heavy atom. The number of carbonyl (C=O) groups is 2. The summed E-state index contributed by atoms with van der Waals surface area (Å²) in [4.78, 5) is 29.0. The largest absolute Gasteiger partial charge is 0.462 e. The summed E-state index contributed by atoms with van der Waals surface area (Å²) in [7, 11) is 0. The van der Waals surface area contributed by atoms with Crippen molar-refractivity contribution in [1.82, 2.24) is 4.98 Å². The number of carbonyl (C=O) groups excluding carboxylic acids is 2. The van der Waals surface area contributed by atoms with E-state index < -0.39 is 11.9 Å². The van der Waals surface area contributed by atoms with Crippen LogP contribution >= 0.6 is 11.3 Å². The van der Waals surface area contributed by atoms with E-state index in [9.17, 15) is 9.59 Å². The number of thiophene rings is 1. The van der Waals surface area contributed by atoms with Gasteiger partial charge in [-0.25, -0.2) is 9.59 Å². The van der Waals surface area contributed by atoms with Crippen molar-refractivity contribution in [1.29, 1.82) is 0 Å². The van der Waals surface area contributed by atoms with Gasteiger partial charge in [0.05, 0.1) is 24.3 Å². The van der Waals surface area contributed by atoms with E-state index in [1.54, 1.807) is 20.8 Å². The molecular weight excluding hydrogens is 278 g/mol. The number of H-pyrrole nitrogens is 1. The van der Waals surface area contributed by atoms with E-state index >= 15 is 0 Å². The van der Waals surface area contributed by atoms with Crippen molar-refractivity contribution in [3.8, 4) is 0 Å². The summed E-state index contributed by atoms with van der Waals surface area (Å²) in [5.41, 5.74) is 1.59. The van der Waals surface area contributed by atoms with Gasteiger partial charge >= 0.3 is 11.9 Å². The maximum atomic E-state index is 12.1. The molecule has 2 rings (SSSR count). The van der Waals surface area contributed by atoms with Gasteiger partial charge in [0, 0.05) is 16.0 Å². The molecular formula is C14H17NO4S. The van der Waals surface area contributed by atoms with Crippen LogP contribution in [0.15, 0.2) is 0 Å². The molecule has 2 aromatic rings. The monoisotopic (exact) mass is 295 g/mol. The van der Waals surface area contributed by atoms with Crippen LogP contribution in [0.4, 0.5) is 0 Å². The second-order valence-electron chi connectivity index (χ2n) is 4.30. The Bertz CT molecular complexity index is 615. The second kappa shape index (κ2) is 5.66. The van der Waals surface area contributed by atoms with Crippen molar-refractivity contribution in [3.05, 3.63) is 21.7 Å². The number of hydrogen-bond donors (Lipinski definition) is 1. The molecule has 2 aromatic heterocycles. The fourth-order valence-corrected chi connectivity index (χ4v) is 3.30. The topological polar surface area (TPSA) is 68.4 Å². The molecule has 2 heterocycles.